The van der Waals surface area contributed by atoms with Crippen molar-refractivity contribution in [2.45, 2.75) is 24.9 Å². The highest BCUT2D eigenvalue weighted by atomic mass is 35.5. The molecule has 1 aromatic heterocycles. The molecule has 1 unspecified atom stereocenters. The quantitative estimate of drug-likeness (QED) is 0.543. The van der Waals surface area contributed by atoms with Crippen molar-refractivity contribution in [1.82, 2.24) is 9.88 Å². The summed E-state index contributed by atoms with van der Waals surface area (Å²) >= 11 is 6.08. The third-order valence-corrected chi connectivity index (χ3v) is 5.77. The second kappa shape index (κ2) is 8.47. The fourth-order valence-corrected chi connectivity index (χ4v) is 4.40. The topological polar surface area (TPSA) is 117 Å². The normalized spacial score (nSPS) is 15.8. The van der Waals surface area contributed by atoms with Crippen LogP contribution in [0.15, 0.2) is 54.9 Å². The first-order valence-electron chi connectivity index (χ1n) is 9.79. The summed E-state index contributed by atoms with van der Waals surface area (Å²) in [5.74, 6) is -2.73. The standard InChI is InChI=1S/C23H19ClFN3O4/c24-13-8-17-15(18(25)9-13)5-6-19(17)28(21(22(26)31)12-2-1-7-27-11-12)23(32)16-4-3-14(29)10-20(16)30/h1-4,7-11,19,21,29-30H,5-6H2,(H2,26,31)/t19-,21?/m1/s1. The van der Waals surface area contributed by atoms with E-state index in [9.17, 15) is 24.2 Å². The SMILES string of the molecule is NC(=O)C(c1cccnc1)N(C(=O)c1ccc(O)cc1O)[C@@H]1CCc2c(F)cc(Cl)cc21. The number of carbonyl (C=O) groups is 2. The van der Waals surface area contributed by atoms with Gasteiger partial charge in [-0.3, -0.25) is 14.6 Å². The van der Waals surface area contributed by atoms with Crippen LogP contribution in [0, 0.1) is 5.82 Å². The van der Waals surface area contributed by atoms with Crippen LogP contribution in [-0.2, 0) is 11.2 Å². The van der Waals surface area contributed by atoms with Gasteiger partial charge in [0.05, 0.1) is 11.6 Å². The number of hydrogen-bond acceptors (Lipinski definition) is 5. The molecule has 0 saturated carbocycles. The number of aromatic hydroxyl groups is 2. The molecule has 9 heteroatoms. The minimum Gasteiger partial charge on any atom is -0.508 e. The largest absolute Gasteiger partial charge is 0.508 e. The van der Waals surface area contributed by atoms with Crippen LogP contribution in [0.3, 0.4) is 0 Å². The Balaban J connectivity index is 1.90. The van der Waals surface area contributed by atoms with Gasteiger partial charge in [0.25, 0.3) is 5.91 Å². The lowest BCUT2D eigenvalue weighted by Gasteiger charge is -2.35. The Morgan fingerprint density at radius 1 is 1.22 bits per heavy atom. The molecule has 2 atom stereocenters. The molecule has 0 bridgehead atoms. The number of carbonyl (C=O) groups excluding carboxylic acids is 2. The van der Waals surface area contributed by atoms with Gasteiger partial charge in [-0.15, -0.1) is 0 Å². The molecule has 0 aliphatic heterocycles. The third-order valence-electron chi connectivity index (χ3n) is 5.55. The molecule has 32 heavy (non-hydrogen) atoms. The fraction of sp³-hybridized carbons (Fsp3) is 0.174. The zero-order valence-corrected chi connectivity index (χ0v) is 17.5. The Morgan fingerprint density at radius 3 is 2.66 bits per heavy atom. The lowest BCUT2D eigenvalue weighted by molar-refractivity contribution is -0.123. The summed E-state index contributed by atoms with van der Waals surface area (Å²) in [4.78, 5) is 31.6. The Bertz CT molecular complexity index is 1210. The number of primary amides is 1. The number of nitrogens with two attached hydrogens (primary N) is 1. The van der Waals surface area contributed by atoms with Crippen molar-refractivity contribution in [3.63, 3.8) is 0 Å². The van der Waals surface area contributed by atoms with Crippen molar-refractivity contribution >= 4 is 23.4 Å². The Labute approximate surface area is 187 Å². The molecule has 2 amide bonds. The Hall–Kier alpha value is -3.65. The zero-order valence-electron chi connectivity index (χ0n) is 16.7. The molecule has 4 N–H and O–H groups in total. The molecule has 1 aliphatic carbocycles. The molecular weight excluding hydrogens is 437 g/mol. The second-order valence-corrected chi connectivity index (χ2v) is 7.95. The summed E-state index contributed by atoms with van der Waals surface area (Å²) in [6.07, 6.45) is 3.58. The van der Waals surface area contributed by atoms with Gasteiger partial charge in [0.2, 0.25) is 5.91 Å². The second-order valence-electron chi connectivity index (χ2n) is 7.52. The summed E-state index contributed by atoms with van der Waals surface area (Å²) in [7, 11) is 0. The van der Waals surface area contributed by atoms with E-state index in [4.69, 9.17) is 17.3 Å². The molecule has 2 aromatic carbocycles. The highest BCUT2D eigenvalue weighted by Crippen LogP contribution is 2.43. The van der Waals surface area contributed by atoms with E-state index in [-0.39, 0.29) is 16.3 Å². The maximum Gasteiger partial charge on any atom is 0.259 e. The first-order chi connectivity index (χ1) is 15.3. The number of benzene rings is 2. The summed E-state index contributed by atoms with van der Waals surface area (Å²) in [5.41, 5.74) is 6.82. The number of rotatable bonds is 5. The molecular formula is C23H19ClFN3O4. The van der Waals surface area contributed by atoms with E-state index in [1.54, 1.807) is 18.2 Å². The summed E-state index contributed by atoms with van der Waals surface area (Å²) in [6, 6.07) is 7.50. The minimum absolute atomic E-state index is 0.145. The van der Waals surface area contributed by atoms with Gasteiger partial charge in [-0.05, 0) is 54.3 Å². The number of fused-ring (bicyclic) bond motifs is 1. The van der Waals surface area contributed by atoms with Crippen molar-refractivity contribution in [1.29, 1.82) is 0 Å². The average Bonchev–Trinajstić information content (AvgIpc) is 3.15. The van der Waals surface area contributed by atoms with E-state index in [1.165, 1.54) is 35.5 Å². The number of halogens is 2. The van der Waals surface area contributed by atoms with Gasteiger partial charge in [0.15, 0.2) is 0 Å². The van der Waals surface area contributed by atoms with Gasteiger partial charge in [-0.25, -0.2) is 4.39 Å². The van der Waals surface area contributed by atoms with Crippen molar-refractivity contribution in [2.24, 2.45) is 5.73 Å². The molecule has 4 rings (SSSR count). The van der Waals surface area contributed by atoms with Gasteiger partial charge in [0.1, 0.15) is 23.4 Å². The number of aromatic nitrogens is 1. The first-order valence-corrected chi connectivity index (χ1v) is 10.2. The molecule has 1 heterocycles. The van der Waals surface area contributed by atoms with Crippen LogP contribution in [0.5, 0.6) is 11.5 Å². The number of phenols is 2. The van der Waals surface area contributed by atoms with E-state index < -0.39 is 35.5 Å². The molecule has 164 valence electrons. The zero-order chi connectivity index (χ0) is 23.0. The molecule has 7 nitrogen and oxygen atoms in total. The number of nitrogens with zero attached hydrogens (tertiary/aromatic N) is 2. The van der Waals surface area contributed by atoms with Crippen LogP contribution in [0.2, 0.25) is 5.02 Å². The summed E-state index contributed by atoms with van der Waals surface area (Å²) in [5, 5.41) is 20.1. The Kier molecular flexibility index (Phi) is 5.71. The number of pyridine rings is 1. The fourth-order valence-electron chi connectivity index (χ4n) is 4.19. The number of phenolic OH excluding ortho intramolecular Hbond substituents is 2. The average molecular weight is 456 g/mol. The number of amides is 2. The van der Waals surface area contributed by atoms with Crippen LogP contribution < -0.4 is 5.73 Å². The highest BCUT2D eigenvalue weighted by molar-refractivity contribution is 6.30. The van der Waals surface area contributed by atoms with E-state index in [0.29, 0.717) is 29.5 Å². The van der Waals surface area contributed by atoms with Gasteiger partial charge >= 0.3 is 0 Å². The van der Waals surface area contributed by atoms with Gasteiger partial charge in [-0.2, -0.15) is 0 Å². The molecule has 3 aromatic rings. The van der Waals surface area contributed by atoms with Crippen molar-refractivity contribution < 1.29 is 24.2 Å². The first kappa shape index (κ1) is 21.6. The van der Waals surface area contributed by atoms with E-state index in [1.807, 2.05) is 0 Å². The van der Waals surface area contributed by atoms with Gasteiger partial charge in [0, 0.05) is 29.0 Å². The van der Waals surface area contributed by atoms with Crippen LogP contribution in [0.1, 0.15) is 45.6 Å². The molecule has 0 radical (unpaired) electrons. The summed E-state index contributed by atoms with van der Waals surface area (Å²) in [6.45, 7) is 0. The van der Waals surface area contributed by atoms with Crippen molar-refractivity contribution in [3.05, 3.63) is 88.0 Å². The maximum atomic E-state index is 14.5. The van der Waals surface area contributed by atoms with Crippen LogP contribution >= 0.6 is 11.6 Å². The van der Waals surface area contributed by atoms with E-state index >= 15 is 0 Å². The van der Waals surface area contributed by atoms with Crippen molar-refractivity contribution in [2.75, 3.05) is 0 Å². The third kappa shape index (κ3) is 3.85. The maximum absolute atomic E-state index is 14.5. The minimum atomic E-state index is -1.25. The molecule has 0 saturated heterocycles. The monoisotopic (exact) mass is 455 g/mol. The molecule has 1 aliphatic rings. The smallest absolute Gasteiger partial charge is 0.259 e. The van der Waals surface area contributed by atoms with Crippen LogP contribution in [0.4, 0.5) is 4.39 Å². The van der Waals surface area contributed by atoms with Crippen molar-refractivity contribution in [3.8, 4) is 11.5 Å². The van der Waals surface area contributed by atoms with Gasteiger partial charge < -0.3 is 20.8 Å². The number of hydrogen-bond donors (Lipinski definition) is 3. The van der Waals surface area contributed by atoms with Gasteiger partial charge in [-0.1, -0.05) is 17.7 Å². The predicted octanol–water partition coefficient (Wildman–Crippen LogP) is 3.64. The summed E-state index contributed by atoms with van der Waals surface area (Å²) < 4.78 is 14.5. The lowest BCUT2D eigenvalue weighted by atomic mass is 9.98. The predicted molar refractivity (Wildman–Crippen MR) is 115 cm³/mol. The van der Waals surface area contributed by atoms with E-state index in [2.05, 4.69) is 4.98 Å². The van der Waals surface area contributed by atoms with E-state index in [0.717, 1.165) is 6.07 Å². The highest BCUT2D eigenvalue weighted by Gasteiger charge is 2.41. The lowest BCUT2D eigenvalue weighted by Crippen LogP contribution is -2.43. The molecule has 0 spiro atoms. The Morgan fingerprint density at radius 2 is 2.00 bits per heavy atom. The van der Waals surface area contributed by atoms with Crippen LogP contribution in [-0.4, -0.2) is 31.9 Å². The van der Waals surface area contributed by atoms with Crippen LogP contribution in [0.25, 0.3) is 0 Å². The molecule has 0 fully saturated rings.